The van der Waals surface area contributed by atoms with Crippen molar-refractivity contribution in [1.82, 2.24) is 5.32 Å². The Labute approximate surface area is 94.4 Å². The Morgan fingerprint density at radius 2 is 2.07 bits per heavy atom. The molecule has 0 spiro atoms. The highest BCUT2D eigenvalue weighted by atomic mass is 79.9. The number of carbonyl (C=O) groups is 1. The van der Waals surface area contributed by atoms with E-state index in [9.17, 15) is 4.79 Å². The van der Waals surface area contributed by atoms with Crippen LogP contribution in [-0.4, -0.2) is 28.0 Å². The number of aliphatic hydroxyl groups excluding tert-OH is 1. The molecule has 0 aromatic carbocycles. The van der Waals surface area contributed by atoms with Crippen LogP contribution in [-0.2, 0) is 4.79 Å². The van der Waals surface area contributed by atoms with Gasteiger partial charge in [-0.1, -0.05) is 36.7 Å². The first-order chi connectivity index (χ1) is 6.36. The molecule has 0 aliphatic carbocycles. The molecular weight excluding hydrogens is 246 g/mol. The summed E-state index contributed by atoms with van der Waals surface area (Å²) < 4.78 is 0. The number of hydrogen-bond donors (Lipinski definition) is 2. The Morgan fingerprint density at radius 1 is 1.57 bits per heavy atom. The Balaban J connectivity index is 4.30. The van der Waals surface area contributed by atoms with Crippen LogP contribution in [0.25, 0.3) is 0 Å². The zero-order valence-corrected chi connectivity index (χ0v) is 10.9. The second kappa shape index (κ2) is 5.71. The Hall–Kier alpha value is -0.0900. The lowest BCUT2D eigenvalue weighted by Crippen LogP contribution is -2.51. The molecule has 2 atom stereocenters. The number of halogens is 1. The van der Waals surface area contributed by atoms with Gasteiger partial charge >= 0.3 is 0 Å². The fourth-order valence-electron chi connectivity index (χ4n) is 0.909. The lowest BCUT2D eigenvalue weighted by molar-refractivity contribution is -0.123. The molecule has 14 heavy (non-hydrogen) atoms. The Morgan fingerprint density at radius 3 is 2.36 bits per heavy atom. The van der Waals surface area contributed by atoms with Crippen molar-refractivity contribution in [1.29, 1.82) is 0 Å². The van der Waals surface area contributed by atoms with E-state index in [4.69, 9.17) is 5.11 Å². The normalized spacial score (nSPS) is 17.6. The van der Waals surface area contributed by atoms with Gasteiger partial charge in [0.2, 0.25) is 5.91 Å². The molecule has 0 aromatic rings. The van der Waals surface area contributed by atoms with Gasteiger partial charge in [-0.3, -0.25) is 4.79 Å². The monoisotopic (exact) mass is 265 g/mol. The predicted octanol–water partition coefficient (Wildman–Crippen LogP) is 1.68. The molecule has 0 rings (SSSR count). The van der Waals surface area contributed by atoms with E-state index in [0.29, 0.717) is 6.42 Å². The number of rotatable bonds is 5. The Kier molecular flexibility index (Phi) is 5.67. The van der Waals surface area contributed by atoms with E-state index in [1.165, 1.54) is 0 Å². The van der Waals surface area contributed by atoms with Gasteiger partial charge in [-0.15, -0.1) is 0 Å². The fourth-order valence-corrected chi connectivity index (χ4v) is 1.02. The van der Waals surface area contributed by atoms with E-state index in [1.54, 1.807) is 0 Å². The molecule has 0 fully saturated rings. The highest BCUT2D eigenvalue weighted by molar-refractivity contribution is 9.10. The molecule has 0 aromatic heterocycles. The van der Waals surface area contributed by atoms with Gasteiger partial charge in [-0.05, 0) is 19.3 Å². The summed E-state index contributed by atoms with van der Waals surface area (Å²) in [5.41, 5.74) is -0.502. The molecule has 2 unspecified atom stereocenters. The zero-order chi connectivity index (χ0) is 11.4. The van der Waals surface area contributed by atoms with Crippen LogP contribution in [0.5, 0.6) is 0 Å². The maximum absolute atomic E-state index is 11.6. The topological polar surface area (TPSA) is 49.3 Å². The lowest BCUT2D eigenvalue weighted by Gasteiger charge is -2.29. The summed E-state index contributed by atoms with van der Waals surface area (Å²) >= 11 is 3.32. The minimum Gasteiger partial charge on any atom is -0.394 e. The van der Waals surface area contributed by atoms with Gasteiger partial charge in [0, 0.05) is 0 Å². The third kappa shape index (κ3) is 3.96. The molecular formula is C10H20BrNO2. The number of amides is 1. The third-order valence-corrected chi connectivity index (χ3v) is 3.86. The largest absolute Gasteiger partial charge is 0.394 e. The fraction of sp³-hybridized carbons (Fsp3) is 0.900. The van der Waals surface area contributed by atoms with Crippen LogP contribution in [0, 0.1) is 5.92 Å². The second-order valence-electron chi connectivity index (χ2n) is 4.21. The van der Waals surface area contributed by atoms with Crippen LogP contribution in [0.3, 0.4) is 0 Å². The smallest absolute Gasteiger partial charge is 0.234 e. The highest BCUT2D eigenvalue weighted by Gasteiger charge is 2.27. The number of carbonyl (C=O) groups excluding carboxylic acids is 1. The van der Waals surface area contributed by atoms with Crippen molar-refractivity contribution < 1.29 is 9.90 Å². The molecule has 3 nitrogen and oxygen atoms in total. The summed E-state index contributed by atoms with van der Waals surface area (Å²) in [7, 11) is 0. The molecule has 0 saturated carbocycles. The molecule has 4 heteroatoms. The molecule has 0 radical (unpaired) electrons. The van der Waals surface area contributed by atoms with E-state index < -0.39 is 5.54 Å². The zero-order valence-electron chi connectivity index (χ0n) is 9.30. The van der Waals surface area contributed by atoms with Gasteiger partial charge in [-0.25, -0.2) is 0 Å². The van der Waals surface area contributed by atoms with E-state index in [0.717, 1.165) is 0 Å². The average Bonchev–Trinajstić information content (AvgIpc) is 2.16. The minimum atomic E-state index is -0.502. The van der Waals surface area contributed by atoms with Crippen LogP contribution < -0.4 is 5.32 Å². The number of nitrogens with one attached hydrogen (secondary N) is 1. The van der Waals surface area contributed by atoms with Gasteiger partial charge in [0.1, 0.15) is 0 Å². The van der Waals surface area contributed by atoms with Gasteiger partial charge in [0.15, 0.2) is 0 Å². The number of aliphatic hydroxyl groups is 1. The number of alkyl halides is 1. The van der Waals surface area contributed by atoms with Gasteiger partial charge in [0.05, 0.1) is 17.0 Å². The first-order valence-corrected chi connectivity index (χ1v) is 5.85. The lowest BCUT2D eigenvalue weighted by atomic mass is 9.99. The van der Waals surface area contributed by atoms with Crippen molar-refractivity contribution in [3.05, 3.63) is 0 Å². The van der Waals surface area contributed by atoms with Crippen LogP contribution in [0.2, 0.25) is 0 Å². The van der Waals surface area contributed by atoms with Crippen molar-refractivity contribution in [3.63, 3.8) is 0 Å². The van der Waals surface area contributed by atoms with E-state index in [2.05, 4.69) is 21.2 Å². The van der Waals surface area contributed by atoms with Crippen molar-refractivity contribution >= 4 is 21.8 Å². The summed E-state index contributed by atoms with van der Waals surface area (Å²) in [4.78, 5) is 11.5. The Bertz CT molecular complexity index is 191. The SMILES string of the molecule is CCC(C)(CO)NC(=O)C(Br)C(C)C. The van der Waals surface area contributed by atoms with Crippen molar-refractivity contribution in [2.45, 2.75) is 44.5 Å². The molecule has 0 bridgehead atoms. The molecule has 2 N–H and O–H groups in total. The summed E-state index contributed by atoms with van der Waals surface area (Å²) in [6, 6.07) is 0. The quantitative estimate of drug-likeness (QED) is 0.744. The molecule has 0 heterocycles. The van der Waals surface area contributed by atoms with E-state index in [-0.39, 0.29) is 23.3 Å². The van der Waals surface area contributed by atoms with Crippen LogP contribution in [0.15, 0.2) is 0 Å². The van der Waals surface area contributed by atoms with Gasteiger partial charge in [0.25, 0.3) is 0 Å². The van der Waals surface area contributed by atoms with Crippen molar-refractivity contribution in [2.24, 2.45) is 5.92 Å². The third-order valence-electron chi connectivity index (χ3n) is 2.39. The van der Waals surface area contributed by atoms with Gasteiger partial charge < -0.3 is 10.4 Å². The van der Waals surface area contributed by atoms with Crippen LogP contribution >= 0.6 is 15.9 Å². The van der Waals surface area contributed by atoms with Crippen molar-refractivity contribution in [3.8, 4) is 0 Å². The van der Waals surface area contributed by atoms with Crippen LogP contribution in [0.1, 0.15) is 34.1 Å². The van der Waals surface area contributed by atoms with Gasteiger partial charge in [-0.2, -0.15) is 0 Å². The summed E-state index contributed by atoms with van der Waals surface area (Å²) in [5, 5.41) is 12.0. The summed E-state index contributed by atoms with van der Waals surface area (Å²) in [5.74, 6) is 0.188. The molecule has 0 aliphatic heterocycles. The number of hydrogen-bond acceptors (Lipinski definition) is 2. The van der Waals surface area contributed by atoms with Crippen molar-refractivity contribution in [2.75, 3.05) is 6.61 Å². The highest BCUT2D eigenvalue weighted by Crippen LogP contribution is 2.15. The van der Waals surface area contributed by atoms with Crippen LogP contribution in [0.4, 0.5) is 0 Å². The average molecular weight is 266 g/mol. The second-order valence-corrected chi connectivity index (χ2v) is 5.19. The summed E-state index contributed by atoms with van der Waals surface area (Å²) in [6.45, 7) is 7.69. The molecule has 1 amide bonds. The predicted molar refractivity (Wildman–Crippen MR) is 61.5 cm³/mol. The molecule has 0 aliphatic rings. The van der Waals surface area contributed by atoms with E-state index >= 15 is 0 Å². The standard InChI is InChI=1S/C10H20BrNO2/c1-5-10(4,6-13)12-9(14)8(11)7(2)3/h7-8,13H,5-6H2,1-4H3,(H,12,14). The molecule has 84 valence electrons. The maximum Gasteiger partial charge on any atom is 0.234 e. The minimum absolute atomic E-state index is 0.0347. The maximum atomic E-state index is 11.6. The summed E-state index contributed by atoms with van der Waals surface area (Å²) in [6.07, 6.45) is 0.715. The first kappa shape index (κ1) is 13.9. The first-order valence-electron chi connectivity index (χ1n) is 4.93. The van der Waals surface area contributed by atoms with E-state index in [1.807, 2.05) is 27.7 Å². The molecule has 0 saturated heterocycles.